The first kappa shape index (κ1) is 14.0. The fourth-order valence-electron chi connectivity index (χ4n) is 6.20. The van der Waals surface area contributed by atoms with Crippen molar-refractivity contribution in [1.29, 1.82) is 0 Å². The standard InChI is InChI=1S/C18H30N2O/c19-16-13-6-7-15(11-13)18(16)8-4-5-14(12-18)17(21)20-9-2-1-3-10-20/h13-16H,1-12,19H2/t13-,14+,15+,16-,18-/m0/s1. The summed E-state index contributed by atoms with van der Waals surface area (Å²) in [7, 11) is 0. The third-order valence-corrected chi connectivity index (χ3v) is 7.30. The summed E-state index contributed by atoms with van der Waals surface area (Å²) >= 11 is 0. The Morgan fingerprint density at radius 2 is 1.86 bits per heavy atom. The smallest absolute Gasteiger partial charge is 0.225 e. The molecule has 21 heavy (non-hydrogen) atoms. The van der Waals surface area contributed by atoms with Gasteiger partial charge in [0.1, 0.15) is 0 Å². The van der Waals surface area contributed by atoms with Gasteiger partial charge in [0.25, 0.3) is 0 Å². The normalized spacial score (nSPS) is 46.2. The molecule has 3 aliphatic carbocycles. The Balaban J connectivity index is 1.49. The average molecular weight is 290 g/mol. The van der Waals surface area contributed by atoms with Crippen molar-refractivity contribution < 1.29 is 4.79 Å². The van der Waals surface area contributed by atoms with E-state index in [0.717, 1.165) is 37.8 Å². The van der Waals surface area contributed by atoms with Crippen molar-refractivity contribution in [3.05, 3.63) is 0 Å². The second-order valence-corrected chi connectivity index (χ2v) is 8.21. The third-order valence-electron chi connectivity index (χ3n) is 7.30. The van der Waals surface area contributed by atoms with Gasteiger partial charge in [-0.05, 0) is 75.0 Å². The van der Waals surface area contributed by atoms with Crippen molar-refractivity contribution in [1.82, 2.24) is 4.90 Å². The Hall–Kier alpha value is -0.570. The maximum Gasteiger partial charge on any atom is 0.225 e. The van der Waals surface area contributed by atoms with Gasteiger partial charge in [0.15, 0.2) is 0 Å². The van der Waals surface area contributed by atoms with Crippen molar-refractivity contribution in [3.63, 3.8) is 0 Å². The molecular formula is C18H30N2O. The molecule has 0 radical (unpaired) electrons. The van der Waals surface area contributed by atoms with Crippen molar-refractivity contribution in [2.24, 2.45) is 28.9 Å². The molecule has 1 aliphatic heterocycles. The fraction of sp³-hybridized carbons (Fsp3) is 0.944. The molecule has 3 saturated carbocycles. The number of rotatable bonds is 1. The lowest BCUT2D eigenvalue weighted by molar-refractivity contribution is -0.140. The van der Waals surface area contributed by atoms with Crippen LogP contribution in [0.2, 0.25) is 0 Å². The van der Waals surface area contributed by atoms with Gasteiger partial charge in [-0.1, -0.05) is 6.42 Å². The number of carbonyl (C=O) groups is 1. The molecule has 0 unspecified atom stereocenters. The molecule has 118 valence electrons. The Morgan fingerprint density at radius 1 is 1.05 bits per heavy atom. The molecule has 1 saturated heterocycles. The zero-order valence-corrected chi connectivity index (χ0v) is 13.2. The largest absolute Gasteiger partial charge is 0.342 e. The molecule has 4 fully saturated rings. The van der Waals surface area contributed by atoms with Crippen LogP contribution in [0.1, 0.15) is 64.2 Å². The molecule has 2 bridgehead atoms. The molecule has 4 aliphatic rings. The summed E-state index contributed by atoms with van der Waals surface area (Å²) in [6.45, 7) is 2.00. The highest BCUT2D eigenvalue weighted by molar-refractivity contribution is 5.79. The Morgan fingerprint density at radius 3 is 2.57 bits per heavy atom. The minimum absolute atomic E-state index is 0.280. The first-order chi connectivity index (χ1) is 10.2. The average Bonchev–Trinajstić information content (AvgIpc) is 3.11. The van der Waals surface area contributed by atoms with Gasteiger partial charge >= 0.3 is 0 Å². The fourth-order valence-corrected chi connectivity index (χ4v) is 6.20. The summed E-state index contributed by atoms with van der Waals surface area (Å²) in [4.78, 5) is 15.0. The van der Waals surface area contributed by atoms with Gasteiger partial charge in [-0.3, -0.25) is 4.79 Å². The number of nitrogens with zero attached hydrogens (tertiary/aromatic N) is 1. The first-order valence-electron chi connectivity index (χ1n) is 9.25. The molecule has 1 heterocycles. The minimum atomic E-state index is 0.280. The number of amides is 1. The number of likely N-dealkylation sites (tertiary alicyclic amines) is 1. The van der Waals surface area contributed by atoms with Gasteiger partial charge in [0.05, 0.1) is 0 Å². The number of hydrogen-bond donors (Lipinski definition) is 1. The maximum absolute atomic E-state index is 12.9. The van der Waals surface area contributed by atoms with Gasteiger partial charge in [-0.15, -0.1) is 0 Å². The number of hydrogen-bond acceptors (Lipinski definition) is 2. The lowest BCUT2D eigenvalue weighted by Crippen LogP contribution is -2.51. The molecule has 3 heteroatoms. The van der Waals surface area contributed by atoms with Crippen LogP contribution in [0, 0.1) is 23.2 Å². The van der Waals surface area contributed by atoms with Crippen LogP contribution in [0.5, 0.6) is 0 Å². The van der Waals surface area contributed by atoms with E-state index >= 15 is 0 Å². The summed E-state index contributed by atoms with van der Waals surface area (Å²) in [6, 6.07) is 0.383. The summed E-state index contributed by atoms with van der Waals surface area (Å²) in [5.41, 5.74) is 6.98. The second-order valence-electron chi connectivity index (χ2n) is 8.21. The summed E-state index contributed by atoms with van der Waals surface area (Å²) in [5.74, 6) is 2.33. The van der Waals surface area contributed by atoms with Crippen LogP contribution in [-0.2, 0) is 4.79 Å². The third kappa shape index (κ3) is 2.15. The highest BCUT2D eigenvalue weighted by Gasteiger charge is 2.58. The van der Waals surface area contributed by atoms with E-state index in [1.807, 2.05) is 0 Å². The van der Waals surface area contributed by atoms with Crippen molar-refractivity contribution >= 4 is 5.91 Å². The van der Waals surface area contributed by atoms with Crippen LogP contribution >= 0.6 is 0 Å². The number of carbonyl (C=O) groups excluding carboxylic acids is 1. The highest BCUT2D eigenvalue weighted by atomic mass is 16.2. The first-order valence-corrected chi connectivity index (χ1v) is 9.25. The van der Waals surface area contributed by atoms with Crippen molar-refractivity contribution in [3.8, 4) is 0 Å². The van der Waals surface area contributed by atoms with E-state index in [4.69, 9.17) is 5.73 Å². The zero-order chi connectivity index (χ0) is 14.4. The van der Waals surface area contributed by atoms with E-state index in [2.05, 4.69) is 4.90 Å². The summed E-state index contributed by atoms with van der Waals surface area (Å²) in [5, 5.41) is 0. The Labute approximate surface area is 128 Å². The Bertz CT molecular complexity index is 413. The summed E-state index contributed by atoms with van der Waals surface area (Å²) in [6.07, 6.45) is 12.5. The van der Waals surface area contributed by atoms with Crippen LogP contribution in [-0.4, -0.2) is 29.9 Å². The van der Waals surface area contributed by atoms with E-state index < -0.39 is 0 Å². The van der Waals surface area contributed by atoms with Crippen LogP contribution in [0.4, 0.5) is 0 Å². The highest BCUT2D eigenvalue weighted by Crippen LogP contribution is 2.61. The monoisotopic (exact) mass is 290 g/mol. The Kier molecular flexibility index (Phi) is 3.52. The van der Waals surface area contributed by atoms with Crippen molar-refractivity contribution in [2.45, 2.75) is 70.3 Å². The van der Waals surface area contributed by atoms with E-state index in [9.17, 15) is 4.79 Å². The molecule has 3 nitrogen and oxygen atoms in total. The van der Waals surface area contributed by atoms with E-state index in [0.29, 0.717) is 17.4 Å². The molecule has 0 aromatic carbocycles. The lowest BCUT2D eigenvalue weighted by atomic mass is 9.59. The number of fused-ring (bicyclic) bond motifs is 3. The number of nitrogens with two attached hydrogens (primary N) is 1. The molecule has 4 rings (SSSR count). The molecule has 1 spiro atoms. The predicted octanol–water partition coefficient (Wildman–Crippen LogP) is 2.93. The lowest BCUT2D eigenvalue weighted by Gasteiger charge is -2.48. The quantitative estimate of drug-likeness (QED) is 0.807. The molecule has 0 aromatic rings. The van der Waals surface area contributed by atoms with Crippen LogP contribution in [0.25, 0.3) is 0 Å². The van der Waals surface area contributed by atoms with Gasteiger partial charge in [-0.2, -0.15) is 0 Å². The minimum Gasteiger partial charge on any atom is -0.342 e. The number of piperidine rings is 1. The second kappa shape index (κ2) is 5.26. The summed E-state index contributed by atoms with van der Waals surface area (Å²) < 4.78 is 0. The topological polar surface area (TPSA) is 46.3 Å². The molecule has 5 atom stereocenters. The van der Waals surface area contributed by atoms with Crippen LogP contribution in [0.15, 0.2) is 0 Å². The van der Waals surface area contributed by atoms with Crippen LogP contribution < -0.4 is 5.73 Å². The molecular weight excluding hydrogens is 260 g/mol. The zero-order valence-electron chi connectivity index (χ0n) is 13.2. The molecule has 2 N–H and O–H groups in total. The van der Waals surface area contributed by atoms with Crippen molar-refractivity contribution in [2.75, 3.05) is 13.1 Å². The van der Waals surface area contributed by atoms with E-state index in [-0.39, 0.29) is 5.92 Å². The molecule has 0 aromatic heterocycles. The van der Waals surface area contributed by atoms with E-state index in [1.165, 1.54) is 51.4 Å². The van der Waals surface area contributed by atoms with Gasteiger partial charge in [0, 0.05) is 25.0 Å². The van der Waals surface area contributed by atoms with E-state index in [1.54, 1.807) is 0 Å². The van der Waals surface area contributed by atoms with Crippen LogP contribution in [0.3, 0.4) is 0 Å². The van der Waals surface area contributed by atoms with Gasteiger partial charge in [-0.25, -0.2) is 0 Å². The molecule has 1 amide bonds. The van der Waals surface area contributed by atoms with Gasteiger partial charge in [0.2, 0.25) is 5.91 Å². The van der Waals surface area contributed by atoms with Gasteiger partial charge < -0.3 is 10.6 Å². The SMILES string of the molecule is N[C@H]1[C@H]2CC[C@H](C2)[C@@]12CCC[C@@H](C(=O)N1CCCCC1)C2. The predicted molar refractivity (Wildman–Crippen MR) is 83.6 cm³/mol. The maximum atomic E-state index is 12.9.